The number of hydrogen-bond acceptors (Lipinski definition) is 12. The van der Waals surface area contributed by atoms with Gasteiger partial charge in [-0.2, -0.15) is 4.52 Å². The van der Waals surface area contributed by atoms with Crippen LogP contribution in [-0.2, 0) is 35.3 Å². The monoisotopic (exact) mass is 764 g/mol. The molecule has 0 aromatic heterocycles. The molecule has 1 aliphatic carbocycles. The first-order chi connectivity index (χ1) is 22.8. The summed E-state index contributed by atoms with van der Waals surface area (Å²) in [5, 5.41) is 21.0. The fourth-order valence-corrected chi connectivity index (χ4v) is 8.83. The van der Waals surface area contributed by atoms with Gasteiger partial charge in [-0.05, 0) is 114 Å². The Balaban J connectivity index is 2.86. The molecule has 0 saturated heterocycles. The van der Waals surface area contributed by atoms with Gasteiger partial charge in [-0.25, -0.2) is 14.4 Å². The van der Waals surface area contributed by atoms with Gasteiger partial charge in [-0.15, -0.1) is 0 Å². The van der Waals surface area contributed by atoms with E-state index in [1.54, 1.807) is 62.3 Å². The second-order valence-corrected chi connectivity index (χ2v) is 20.2. The van der Waals surface area contributed by atoms with Gasteiger partial charge in [0.2, 0.25) is 23.7 Å². The van der Waals surface area contributed by atoms with Gasteiger partial charge in [0.15, 0.2) is 0 Å². The lowest BCUT2D eigenvalue weighted by Gasteiger charge is -2.38. The van der Waals surface area contributed by atoms with Crippen molar-refractivity contribution in [1.82, 2.24) is 21.3 Å². The number of carbonyl (C=O) groups is 4. The van der Waals surface area contributed by atoms with Crippen molar-refractivity contribution in [3.63, 3.8) is 0 Å². The van der Waals surface area contributed by atoms with Gasteiger partial charge in [0, 0.05) is 13.1 Å². The molecule has 50 heavy (non-hydrogen) atoms. The Labute approximate surface area is 307 Å². The van der Waals surface area contributed by atoms with E-state index in [1.165, 1.54) is 11.4 Å². The molecule has 4 amide bonds. The van der Waals surface area contributed by atoms with Crippen molar-refractivity contribution in [2.75, 3.05) is 19.7 Å². The molecule has 1 aliphatic rings. The molecule has 5 atom stereocenters. The summed E-state index contributed by atoms with van der Waals surface area (Å²) in [6, 6.07) is -0.989. The van der Waals surface area contributed by atoms with Gasteiger partial charge in [0.05, 0.1) is 10.9 Å². The van der Waals surface area contributed by atoms with E-state index in [-0.39, 0.29) is 43.7 Å². The van der Waals surface area contributed by atoms with Crippen molar-refractivity contribution in [3.8, 4) is 0 Å². The topological polar surface area (TPSA) is 186 Å². The molecular formula is C33H59N5O9PS2+. The van der Waals surface area contributed by atoms with E-state index in [2.05, 4.69) is 32.8 Å². The van der Waals surface area contributed by atoms with Crippen LogP contribution in [0.5, 0.6) is 0 Å². The smallest absolute Gasteiger partial charge is 0.414 e. The van der Waals surface area contributed by atoms with Crippen LogP contribution >= 0.6 is 17.5 Å². The van der Waals surface area contributed by atoms with E-state index in [0.717, 1.165) is 18.4 Å². The number of nitrogens with one attached hydrogen (secondary N) is 4. The lowest BCUT2D eigenvalue weighted by molar-refractivity contribution is -0.123. The van der Waals surface area contributed by atoms with Crippen LogP contribution in [0.1, 0.15) is 108 Å². The van der Waals surface area contributed by atoms with E-state index in [4.69, 9.17) is 30.5 Å². The number of alkyl carbamates (subject to hydrolysis) is 3. The van der Waals surface area contributed by atoms with Crippen LogP contribution in [-0.4, -0.2) is 88.6 Å². The maximum Gasteiger partial charge on any atom is 0.414 e. The number of aliphatic hydroxyl groups is 1. The summed E-state index contributed by atoms with van der Waals surface area (Å²) in [7, 11) is 0. The SMILES string of the molecule is C=C(C)[C@H]1CC[C@@](C)(O)[C@H](S[P+](=S)OCCNC(=O)[C@H](CCCN=C(NC(=O)OC(C)(C)C)NC(=O)OC(C)(C)C)NC(=O)OC(C)(C)C)C1. The third kappa shape index (κ3) is 20.4. The normalized spacial score (nSPS) is 20.4. The fourth-order valence-electron chi connectivity index (χ4n) is 4.53. The van der Waals surface area contributed by atoms with Crippen LogP contribution in [0, 0.1) is 5.92 Å². The van der Waals surface area contributed by atoms with E-state index < -0.39 is 58.8 Å². The van der Waals surface area contributed by atoms with Crippen LogP contribution in [0.4, 0.5) is 14.4 Å². The lowest BCUT2D eigenvalue weighted by atomic mass is 9.77. The Hall–Kier alpha value is -2.52. The van der Waals surface area contributed by atoms with E-state index >= 15 is 0 Å². The van der Waals surface area contributed by atoms with Gasteiger partial charge in [0.1, 0.15) is 40.8 Å². The number of guanidine groups is 1. The third-order valence-electron chi connectivity index (χ3n) is 6.87. The first kappa shape index (κ1) is 45.5. The Bertz CT molecular complexity index is 1210. The molecule has 0 aromatic rings. The van der Waals surface area contributed by atoms with Gasteiger partial charge in [-0.1, -0.05) is 12.2 Å². The summed E-state index contributed by atoms with van der Waals surface area (Å²) in [5.74, 6) is -0.335. The highest BCUT2D eigenvalue weighted by atomic mass is 32.9. The minimum Gasteiger partial charge on any atom is -0.444 e. The maximum atomic E-state index is 13.2. The fraction of sp³-hybridized carbons (Fsp3) is 0.788. The van der Waals surface area contributed by atoms with Crippen molar-refractivity contribution < 1.29 is 43.0 Å². The molecule has 1 saturated carbocycles. The number of nitrogens with zero attached hydrogens (tertiary/aromatic N) is 1. The highest BCUT2D eigenvalue weighted by Crippen LogP contribution is 2.51. The quantitative estimate of drug-likeness (QED) is 0.0359. The van der Waals surface area contributed by atoms with Crippen molar-refractivity contribution >= 4 is 59.5 Å². The van der Waals surface area contributed by atoms with Gasteiger partial charge in [-0.3, -0.25) is 20.4 Å². The lowest BCUT2D eigenvalue weighted by Crippen LogP contribution is -2.49. The molecule has 0 heterocycles. The predicted molar refractivity (Wildman–Crippen MR) is 201 cm³/mol. The molecule has 1 rings (SSSR count). The number of allylic oxidation sites excluding steroid dienone is 1. The second kappa shape index (κ2) is 19.9. The number of hydrogen-bond donors (Lipinski definition) is 5. The summed E-state index contributed by atoms with van der Waals surface area (Å²) in [4.78, 5) is 54.8. The highest BCUT2D eigenvalue weighted by molar-refractivity contribution is 8.63. The standard InChI is InChI=1S/C33H58N5O9PS2/c1-21(2)22-15-16-33(12,43)24(20-22)50-48(49)44-19-18-34-25(39)23(36-27(40)45-30(3,4)5)14-13-17-35-26(37-28(41)46-31(6,7)8)38-29(42)47-32(9,10)11/h22-24,43H,1,13-20H2,2-12H3,(H3-,34,35,36,37,38,39,40,41,42)/p+1/t22-,23-,24+,33+/m0/s1. The molecule has 1 fully saturated rings. The molecule has 17 heteroatoms. The molecule has 0 spiro atoms. The second-order valence-electron chi connectivity index (χ2n) is 15.4. The average Bonchev–Trinajstić information content (AvgIpc) is 2.90. The van der Waals surface area contributed by atoms with Crippen LogP contribution in [0.3, 0.4) is 0 Å². The summed E-state index contributed by atoms with van der Waals surface area (Å²) >= 11 is 7.02. The summed E-state index contributed by atoms with van der Waals surface area (Å²) in [5.41, 5.74) is -2.13. The Morgan fingerprint density at radius 1 is 0.980 bits per heavy atom. The number of rotatable bonds is 13. The zero-order valence-corrected chi connectivity index (χ0v) is 34.0. The molecule has 0 radical (unpaired) electrons. The third-order valence-corrected chi connectivity index (χ3v) is 11.1. The molecule has 1 unspecified atom stereocenters. The van der Waals surface area contributed by atoms with Crippen LogP contribution in [0.25, 0.3) is 0 Å². The average molecular weight is 765 g/mol. The zero-order chi connectivity index (χ0) is 38.5. The van der Waals surface area contributed by atoms with E-state index in [0.29, 0.717) is 12.3 Å². The minimum absolute atomic E-state index is 0.0540. The van der Waals surface area contributed by atoms with Crippen molar-refractivity contribution in [2.24, 2.45) is 10.9 Å². The van der Waals surface area contributed by atoms with Crippen LogP contribution in [0.2, 0.25) is 0 Å². The summed E-state index contributed by atoms with van der Waals surface area (Å²) < 4.78 is 21.7. The summed E-state index contributed by atoms with van der Waals surface area (Å²) in [6.07, 6.45) is -1.04. The molecule has 0 bridgehead atoms. The largest absolute Gasteiger partial charge is 0.444 e. The van der Waals surface area contributed by atoms with Crippen molar-refractivity contribution in [1.29, 1.82) is 0 Å². The molecule has 5 N–H and O–H groups in total. The van der Waals surface area contributed by atoms with Gasteiger partial charge >= 0.3 is 24.4 Å². The highest BCUT2D eigenvalue weighted by Gasteiger charge is 2.43. The molecule has 14 nitrogen and oxygen atoms in total. The molecule has 0 aromatic carbocycles. The molecule has 286 valence electrons. The molecule has 0 aliphatic heterocycles. The van der Waals surface area contributed by atoms with Crippen molar-refractivity contribution in [2.45, 2.75) is 142 Å². The predicted octanol–water partition coefficient (Wildman–Crippen LogP) is 6.20. The van der Waals surface area contributed by atoms with E-state index in [9.17, 15) is 24.3 Å². The Kier molecular flexibility index (Phi) is 18.1. The number of aliphatic imine (C=N–C) groups is 1. The Morgan fingerprint density at radius 2 is 1.50 bits per heavy atom. The van der Waals surface area contributed by atoms with Crippen molar-refractivity contribution in [3.05, 3.63) is 12.2 Å². The summed E-state index contributed by atoms with van der Waals surface area (Å²) in [6.45, 7) is 23.5. The van der Waals surface area contributed by atoms with Gasteiger partial charge < -0.3 is 30.0 Å². The Morgan fingerprint density at radius 3 is 2.00 bits per heavy atom. The first-order valence-corrected chi connectivity index (χ1v) is 20.5. The minimum atomic E-state index is -1.35. The van der Waals surface area contributed by atoms with Crippen LogP contribution < -0.4 is 21.3 Å². The van der Waals surface area contributed by atoms with Gasteiger partial charge in [0.25, 0.3) is 0 Å². The number of amides is 4. The zero-order valence-electron chi connectivity index (χ0n) is 31.5. The number of ether oxygens (including phenoxy) is 3. The van der Waals surface area contributed by atoms with Crippen LogP contribution in [0.15, 0.2) is 17.1 Å². The van der Waals surface area contributed by atoms with E-state index in [1.807, 2.05) is 13.8 Å². The molecular weight excluding hydrogens is 705 g/mol. The first-order valence-electron chi connectivity index (χ1n) is 16.7. The maximum absolute atomic E-state index is 13.2. The number of carbonyl (C=O) groups excluding carboxylic acids is 4.